The minimum Gasteiger partial charge on any atom is -0.284 e. The first kappa shape index (κ1) is 9.36. The molecule has 1 saturated heterocycles. The predicted molar refractivity (Wildman–Crippen MR) is 55.4 cm³/mol. The Morgan fingerprint density at radius 2 is 2.00 bits per heavy atom. The fraction of sp³-hybridized carbons (Fsp3) is 0.900. The Labute approximate surface area is 84.1 Å². The molecule has 2 fully saturated rings. The highest BCUT2D eigenvalue weighted by Crippen LogP contribution is 2.44. The van der Waals surface area contributed by atoms with Crippen molar-refractivity contribution in [3.8, 4) is 6.07 Å². The Morgan fingerprint density at radius 3 is 2.54 bits per heavy atom. The Kier molecular flexibility index (Phi) is 2.29. The minimum absolute atomic E-state index is 0.253. The van der Waals surface area contributed by atoms with Gasteiger partial charge in [0.1, 0.15) is 5.54 Å². The lowest BCUT2D eigenvalue weighted by molar-refractivity contribution is 0.310. The summed E-state index contributed by atoms with van der Waals surface area (Å²) in [7, 11) is 0. The van der Waals surface area contributed by atoms with Crippen molar-refractivity contribution in [2.45, 2.75) is 49.4 Å². The van der Waals surface area contributed by atoms with Crippen molar-refractivity contribution in [2.75, 3.05) is 5.75 Å². The molecule has 1 heterocycles. The lowest BCUT2D eigenvalue weighted by Gasteiger charge is -2.34. The zero-order valence-corrected chi connectivity index (χ0v) is 8.91. The van der Waals surface area contributed by atoms with Crippen LogP contribution in [0.4, 0.5) is 0 Å². The van der Waals surface area contributed by atoms with E-state index in [0.717, 1.165) is 5.75 Å². The fourth-order valence-electron chi connectivity index (χ4n) is 2.31. The second kappa shape index (κ2) is 3.18. The topological polar surface area (TPSA) is 35.8 Å². The van der Waals surface area contributed by atoms with Crippen molar-refractivity contribution in [2.24, 2.45) is 0 Å². The van der Waals surface area contributed by atoms with Gasteiger partial charge in [0, 0.05) is 5.75 Å². The van der Waals surface area contributed by atoms with E-state index in [2.05, 4.69) is 11.4 Å². The predicted octanol–water partition coefficient (Wildman–Crippen LogP) is 2.27. The summed E-state index contributed by atoms with van der Waals surface area (Å²) >= 11 is 1.96. The van der Waals surface area contributed by atoms with Crippen LogP contribution in [-0.2, 0) is 0 Å². The monoisotopic (exact) mass is 196 g/mol. The van der Waals surface area contributed by atoms with Gasteiger partial charge in [0.25, 0.3) is 0 Å². The van der Waals surface area contributed by atoms with Crippen LogP contribution in [0.5, 0.6) is 0 Å². The second-order valence-electron chi connectivity index (χ2n) is 4.41. The van der Waals surface area contributed by atoms with Gasteiger partial charge in [-0.3, -0.25) is 5.32 Å². The van der Waals surface area contributed by atoms with Crippen LogP contribution in [0, 0.1) is 11.3 Å². The highest BCUT2D eigenvalue weighted by atomic mass is 32.2. The van der Waals surface area contributed by atoms with Gasteiger partial charge in [-0.25, -0.2) is 0 Å². The van der Waals surface area contributed by atoms with E-state index in [9.17, 15) is 0 Å². The molecule has 1 unspecified atom stereocenters. The molecule has 0 amide bonds. The Morgan fingerprint density at radius 1 is 1.31 bits per heavy atom. The maximum atomic E-state index is 9.01. The van der Waals surface area contributed by atoms with Gasteiger partial charge in [0.2, 0.25) is 0 Å². The Bertz CT molecular complexity index is 240. The maximum Gasteiger partial charge on any atom is 0.114 e. The van der Waals surface area contributed by atoms with Gasteiger partial charge in [0.05, 0.1) is 10.9 Å². The molecule has 2 aliphatic rings. The summed E-state index contributed by atoms with van der Waals surface area (Å²) in [5.41, 5.74) is -0.276. The number of nitrogens with one attached hydrogen (secondary N) is 1. The molecule has 0 radical (unpaired) electrons. The van der Waals surface area contributed by atoms with Crippen molar-refractivity contribution >= 4 is 11.8 Å². The standard InChI is InChI=1S/C10H16N2S/c1-9(7-11)8-13-10(12-9)5-3-2-4-6-10/h12H,2-6,8H2,1H3. The molecule has 1 atom stereocenters. The average molecular weight is 196 g/mol. The third kappa shape index (κ3) is 1.70. The molecule has 1 saturated carbocycles. The second-order valence-corrected chi connectivity index (χ2v) is 5.77. The summed E-state index contributed by atoms with van der Waals surface area (Å²) in [6.45, 7) is 2.02. The lowest BCUT2D eigenvalue weighted by atomic mass is 9.92. The Balaban J connectivity index is 2.07. The van der Waals surface area contributed by atoms with Crippen LogP contribution in [-0.4, -0.2) is 16.2 Å². The van der Waals surface area contributed by atoms with Crippen molar-refractivity contribution < 1.29 is 0 Å². The van der Waals surface area contributed by atoms with Crippen molar-refractivity contribution in [1.29, 1.82) is 5.26 Å². The van der Waals surface area contributed by atoms with Crippen LogP contribution in [0.1, 0.15) is 39.0 Å². The zero-order chi connectivity index (χ0) is 9.36. The molecule has 3 heteroatoms. The molecule has 0 aromatic heterocycles. The molecule has 1 aliphatic carbocycles. The van der Waals surface area contributed by atoms with Crippen molar-refractivity contribution in [3.63, 3.8) is 0 Å². The van der Waals surface area contributed by atoms with Gasteiger partial charge in [-0.15, -0.1) is 11.8 Å². The van der Waals surface area contributed by atoms with E-state index in [4.69, 9.17) is 5.26 Å². The number of rotatable bonds is 0. The highest BCUT2D eigenvalue weighted by molar-refractivity contribution is 8.01. The molecule has 0 aromatic rings. The number of thioether (sulfide) groups is 1. The van der Waals surface area contributed by atoms with Gasteiger partial charge in [-0.2, -0.15) is 5.26 Å². The van der Waals surface area contributed by atoms with E-state index in [-0.39, 0.29) is 10.4 Å². The molecule has 1 spiro atoms. The zero-order valence-electron chi connectivity index (χ0n) is 8.10. The quantitative estimate of drug-likeness (QED) is 0.645. The lowest BCUT2D eigenvalue weighted by Crippen LogP contribution is -2.49. The number of hydrogen-bond donors (Lipinski definition) is 1. The number of nitriles is 1. The maximum absolute atomic E-state index is 9.01. The molecular weight excluding hydrogens is 180 g/mol. The van der Waals surface area contributed by atoms with E-state index in [1.54, 1.807) is 0 Å². The van der Waals surface area contributed by atoms with Gasteiger partial charge < -0.3 is 0 Å². The molecule has 13 heavy (non-hydrogen) atoms. The van der Waals surface area contributed by atoms with E-state index >= 15 is 0 Å². The molecular formula is C10H16N2S. The SMILES string of the molecule is CC1(C#N)CSC2(CCCCC2)N1. The summed E-state index contributed by atoms with van der Waals surface area (Å²) in [5, 5.41) is 12.5. The summed E-state index contributed by atoms with van der Waals surface area (Å²) in [6, 6.07) is 2.38. The Hall–Kier alpha value is -0.200. The van der Waals surface area contributed by atoms with Gasteiger partial charge in [-0.05, 0) is 19.8 Å². The fourth-order valence-corrected chi connectivity index (χ4v) is 3.89. The first-order valence-electron chi connectivity index (χ1n) is 5.03. The third-order valence-electron chi connectivity index (χ3n) is 3.05. The smallest absolute Gasteiger partial charge is 0.114 e. The molecule has 2 rings (SSSR count). The average Bonchev–Trinajstić information content (AvgIpc) is 2.47. The van der Waals surface area contributed by atoms with Crippen LogP contribution in [0.25, 0.3) is 0 Å². The van der Waals surface area contributed by atoms with Crippen LogP contribution >= 0.6 is 11.8 Å². The van der Waals surface area contributed by atoms with Crippen molar-refractivity contribution in [3.05, 3.63) is 0 Å². The third-order valence-corrected chi connectivity index (χ3v) is 4.83. The summed E-state index contributed by atoms with van der Waals surface area (Å²) < 4.78 is 0. The van der Waals surface area contributed by atoms with E-state index < -0.39 is 0 Å². The number of hydrogen-bond acceptors (Lipinski definition) is 3. The molecule has 1 N–H and O–H groups in total. The van der Waals surface area contributed by atoms with Crippen molar-refractivity contribution in [1.82, 2.24) is 5.32 Å². The first-order valence-corrected chi connectivity index (χ1v) is 6.01. The van der Waals surface area contributed by atoms with E-state index in [1.165, 1.54) is 32.1 Å². The molecule has 0 bridgehead atoms. The summed E-state index contributed by atoms with van der Waals surface area (Å²) in [4.78, 5) is 0.253. The van der Waals surface area contributed by atoms with Crippen LogP contribution < -0.4 is 5.32 Å². The molecule has 72 valence electrons. The van der Waals surface area contributed by atoms with Gasteiger partial charge in [0.15, 0.2) is 0 Å². The summed E-state index contributed by atoms with van der Waals surface area (Å²) in [6.07, 6.45) is 6.50. The summed E-state index contributed by atoms with van der Waals surface area (Å²) in [5.74, 6) is 0.948. The first-order chi connectivity index (χ1) is 6.18. The van der Waals surface area contributed by atoms with Crippen LogP contribution in [0.3, 0.4) is 0 Å². The molecule has 1 aliphatic heterocycles. The minimum atomic E-state index is -0.276. The van der Waals surface area contributed by atoms with E-state index in [1.807, 2.05) is 18.7 Å². The van der Waals surface area contributed by atoms with Crippen LogP contribution in [0.2, 0.25) is 0 Å². The molecule has 0 aromatic carbocycles. The van der Waals surface area contributed by atoms with Crippen LogP contribution in [0.15, 0.2) is 0 Å². The van der Waals surface area contributed by atoms with Gasteiger partial charge >= 0.3 is 0 Å². The molecule has 2 nitrogen and oxygen atoms in total. The number of nitrogens with zero attached hydrogens (tertiary/aromatic N) is 1. The highest BCUT2D eigenvalue weighted by Gasteiger charge is 2.45. The van der Waals surface area contributed by atoms with E-state index in [0.29, 0.717) is 0 Å². The van der Waals surface area contributed by atoms with Gasteiger partial charge in [-0.1, -0.05) is 19.3 Å². The largest absolute Gasteiger partial charge is 0.284 e. The normalized spacial score (nSPS) is 37.5.